The Bertz CT molecular complexity index is 1120. The van der Waals surface area contributed by atoms with Gasteiger partial charge in [-0.05, 0) is 61.2 Å². The summed E-state index contributed by atoms with van der Waals surface area (Å²) in [5.74, 6) is -1.37. The number of halogens is 1. The third kappa shape index (κ3) is 6.32. The normalized spacial score (nSPS) is 18.8. The minimum absolute atomic E-state index is 0.0393. The zero-order valence-corrected chi connectivity index (χ0v) is 20.0. The number of aliphatic hydroxyl groups excluding tert-OH is 1. The fourth-order valence-electron chi connectivity index (χ4n) is 3.56. The molecule has 1 aliphatic heterocycles. The smallest absolute Gasteiger partial charge is 0.325 e. The summed E-state index contributed by atoms with van der Waals surface area (Å²) < 4.78 is 32.2. The molecule has 3 rings (SSSR count). The Kier molecular flexibility index (Phi) is 8.12. The molecule has 10 heteroatoms. The average Bonchev–Trinajstić information content (AvgIpc) is 3.18. The van der Waals surface area contributed by atoms with Crippen molar-refractivity contribution in [3.05, 3.63) is 64.2 Å². The number of hydrogen-bond acceptors (Lipinski definition) is 6. The molecule has 1 fully saturated rings. The van der Waals surface area contributed by atoms with Gasteiger partial charge in [0, 0.05) is 24.5 Å². The number of nitrogens with one attached hydrogen (secondary N) is 1. The molecule has 1 saturated heterocycles. The van der Waals surface area contributed by atoms with Crippen molar-refractivity contribution in [2.24, 2.45) is 0 Å². The van der Waals surface area contributed by atoms with E-state index < -0.39 is 40.7 Å². The molecule has 178 valence electrons. The number of esters is 1. The van der Waals surface area contributed by atoms with Gasteiger partial charge in [-0.3, -0.25) is 9.59 Å². The molecule has 0 aliphatic carbocycles. The van der Waals surface area contributed by atoms with E-state index >= 15 is 0 Å². The number of nitrogens with zero attached hydrogens (tertiary/aromatic N) is 1. The SMILES string of the molecule is Cc1ccc(S(=O)(=O)N2CC(O)C[C@H]2C(=O)OCC(=O)NCCc2ccc(Cl)cc2)cc1C. The van der Waals surface area contributed by atoms with E-state index in [2.05, 4.69) is 5.32 Å². The molecule has 2 aromatic rings. The van der Waals surface area contributed by atoms with Crippen molar-refractivity contribution in [1.29, 1.82) is 0 Å². The fourth-order valence-corrected chi connectivity index (χ4v) is 5.39. The third-order valence-corrected chi connectivity index (χ3v) is 7.71. The molecule has 0 spiro atoms. The average molecular weight is 495 g/mol. The first-order valence-electron chi connectivity index (χ1n) is 10.5. The van der Waals surface area contributed by atoms with Crippen LogP contribution in [0.4, 0.5) is 0 Å². The third-order valence-electron chi connectivity index (χ3n) is 5.59. The van der Waals surface area contributed by atoms with E-state index in [0.29, 0.717) is 18.0 Å². The summed E-state index contributed by atoms with van der Waals surface area (Å²) >= 11 is 5.84. The fraction of sp³-hybridized carbons (Fsp3) is 0.391. The summed E-state index contributed by atoms with van der Waals surface area (Å²) in [4.78, 5) is 24.7. The van der Waals surface area contributed by atoms with E-state index in [4.69, 9.17) is 16.3 Å². The van der Waals surface area contributed by atoms with E-state index in [0.717, 1.165) is 21.0 Å². The summed E-state index contributed by atoms with van der Waals surface area (Å²) in [5.41, 5.74) is 2.72. The van der Waals surface area contributed by atoms with Crippen LogP contribution in [-0.2, 0) is 30.8 Å². The van der Waals surface area contributed by atoms with Crippen molar-refractivity contribution < 1.29 is 27.9 Å². The molecule has 1 unspecified atom stereocenters. The highest BCUT2D eigenvalue weighted by molar-refractivity contribution is 7.89. The van der Waals surface area contributed by atoms with Crippen LogP contribution >= 0.6 is 11.6 Å². The molecular formula is C23H27ClN2O6S. The monoisotopic (exact) mass is 494 g/mol. The number of rotatable bonds is 8. The van der Waals surface area contributed by atoms with Gasteiger partial charge in [0.05, 0.1) is 11.0 Å². The van der Waals surface area contributed by atoms with Crippen molar-refractivity contribution in [3.8, 4) is 0 Å². The van der Waals surface area contributed by atoms with E-state index in [9.17, 15) is 23.1 Å². The maximum Gasteiger partial charge on any atom is 0.325 e. The number of sulfonamides is 1. The Morgan fingerprint density at radius 2 is 1.85 bits per heavy atom. The lowest BCUT2D eigenvalue weighted by Gasteiger charge is -2.22. The molecule has 0 bridgehead atoms. The molecule has 2 N–H and O–H groups in total. The first-order chi connectivity index (χ1) is 15.6. The predicted molar refractivity (Wildman–Crippen MR) is 123 cm³/mol. The second kappa shape index (κ2) is 10.6. The molecule has 2 aromatic carbocycles. The van der Waals surface area contributed by atoms with E-state index in [1.165, 1.54) is 12.1 Å². The highest BCUT2D eigenvalue weighted by Gasteiger charge is 2.44. The largest absolute Gasteiger partial charge is 0.454 e. The Morgan fingerprint density at radius 1 is 1.15 bits per heavy atom. The summed E-state index contributed by atoms with van der Waals surface area (Å²) in [5, 5.41) is 13.3. The van der Waals surface area contributed by atoms with Crippen LogP contribution < -0.4 is 5.32 Å². The van der Waals surface area contributed by atoms with E-state index in [-0.39, 0.29) is 17.9 Å². The zero-order valence-electron chi connectivity index (χ0n) is 18.5. The van der Waals surface area contributed by atoms with Crippen molar-refractivity contribution in [2.75, 3.05) is 19.7 Å². The Balaban J connectivity index is 1.56. The van der Waals surface area contributed by atoms with Crippen LogP contribution in [-0.4, -0.2) is 61.5 Å². The molecule has 8 nitrogen and oxygen atoms in total. The number of benzene rings is 2. The maximum atomic E-state index is 13.1. The van der Waals surface area contributed by atoms with Crippen molar-refractivity contribution in [2.45, 2.75) is 43.7 Å². The highest BCUT2D eigenvalue weighted by Crippen LogP contribution is 2.28. The number of hydrogen-bond donors (Lipinski definition) is 2. The number of β-amino-alcohol motifs (C(OH)–C–C–N with tert-alkyl or cyclic N) is 1. The minimum atomic E-state index is -4.03. The summed E-state index contributed by atoms with van der Waals surface area (Å²) in [6, 6.07) is 10.7. The van der Waals surface area contributed by atoms with Crippen LogP contribution in [0, 0.1) is 13.8 Å². The van der Waals surface area contributed by atoms with Gasteiger partial charge in [-0.15, -0.1) is 0 Å². The van der Waals surface area contributed by atoms with Gasteiger partial charge in [0.15, 0.2) is 6.61 Å². The summed E-state index contributed by atoms with van der Waals surface area (Å²) in [6.07, 6.45) is -0.522. The molecule has 0 aromatic heterocycles. The van der Waals surface area contributed by atoms with Crippen LogP contribution in [0.5, 0.6) is 0 Å². The van der Waals surface area contributed by atoms with Crippen molar-refractivity contribution in [1.82, 2.24) is 9.62 Å². The van der Waals surface area contributed by atoms with Crippen LogP contribution in [0.25, 0.3) is 0 Å². The van der Waals surface area contributed by atoms with Gasteiger partial charge in [-0.1, -0.05) is 29.8 Å². The number of carbonyl (C=O) groups excluding carboxylic acids is 2. The number of aliphatic hydroxyl groups is 1. The first-order valence-corrected chi connectivity index (χ1v) is 12.3. The van der Waals surface area contributed by atoms with Crippen LogP contribution in [0.2, 0.25) is 5.02 Å². The molecule has 0 saturated carbocycles. The predicted octanol–water partition coefficient (Wildman–Crippen LogP) is 1.98. The quantitative estimate of drug-likeness (QED) is 0.542. The lowest BCUT2D eigenvalue weighted by atomic mass is 10.1. The lowest BCUT2D eigenvalue weighted by molar-refractivity contribution is -0.151. The highest BCUT2D eigenvalue weighted by atomic mass is 35.5. The van der Waals surface area contributed by atoms with Crippen LogP contribution in [0.15, 0.2) is 47.4 Å². The molecule has 1 heterocycles. The number of amides is 1. The standard InChI is InChI=1S/C23H27ClN2O6S/c1-15-3-8-20(11-16(15)2)33(30,31)26-13-19(27)12-21(26)23(29)32-14-22(28)25-10-9-17-4-6-18(24)7-5-17/h3-8,11,19,21,27H,9-10,12-14H2,1-2H3,(H,25,28)/t19?,21-/m0/s1. The van der Waals surface area contributed by atoms with Crippen LogP contribution in [0.1, 0.15) is 23.1 Å². The summed E-state index contributed by atoms with van der Waals surface area (Å²) in [7, 11) is -4.03. The van der Waals surface area contributed by atoms with E-state index in [1.54, 1.807) is 25.1 Å². The van der Waals surface area contributed by atoms with Gasteiger partial charge in [0.2, 0.25) is 10.0 Å². The Labute approximate surface area is 198 Å². The van der Waals surface area contributed by atoms with Gasteiger partial charge >= 0.3 is 5.97 Å². The number of carbonyl (C=O) groups is 2. The number of ether oxygens (including phenoxy) is 1. The van der Waals surface area contributed by atoms with Gasteiger partial charge in [0.1, 0.15) is 6.04 Å². The van der Waals surface area contributed by atoms with Gasteiger partial charge < -0.3 is 15.2 Å². The Hall–Kier alpha value is -2.46. The molecule has 1 amide bonds. The van der Waals surface area contributed by atoms with E-state index in [1.807, 2.05) is 19.1 Å². The topological polar surface area (TPSA) is 113 Å². The molecular weight excluding hydrogens is 468 g/mol. The zero-order chi connectivity index (χ0) is 24.2. The van der Waals surface area contributed by atoms with Crippen molar-refractivity contribution >= 4 is 33.5 Å². The van der Waals surface area contributed by atoms with Gasteiger partial charge in [0.25, 0.3) is 5.91 Å². The van der Waals surface area contributed by atoms with Crippen molar-refractivity contribution in [3.63, 3.8) is 0 Å². The second-order valence-electron chi connectivity index (χ2n) is 8.06. The molecule has 0 radical (unpaired) electrons. The second-order valence-corrected chi connectivity index (χ2v) is 10.4. The molecule has 2 atom stereocenters. The van der Waals surface area contributed by atoms with Crippen LogP contribution in [0.3, 0.4) is 0 Å². The summed E-state index contributed by atoms with van der Waals surface area (Å²) in [6.45, 7) is 3.25. The van der Waals surface area contributed by atoms with Gasteiger partial charge in [-0.25, -0.2) is 8.42 Å². The minimum Gasteiger partial charge on any atom is -0.454 e. The molecule has 1 aliphatic rings. The lowest BCUT2D eigenvalue weighted by Crippen LogP contribution is -2.42. The molecule has 33 heavy (non-hydrogen) atoms. The number of aryl methyl sites for hydroxylation is 2. The first kappa shape index (κ1) is 25.2. The Morgan fingerprint density at radius 3 is 2.52 bits per heavy atom. The maximum absolute atomic E-state index is 13.1. The van der Waals surface area contributed by atoms with Gasteiger partial charge in [-0.2, -0.15) is 4.31 Å².